The Morgan fingerprint density at radius 1 is 1.09 bits per heavy atom. The van der Waals surface area contributed by atoms with E-state index in [4.69, 9.17) is 9.84 Å². The van der Waals surface area contributed by atoms with Crippen molar-refractivity contribution < 1.29 is 19.0 Å². The number of ether oxygens (including phenoxy) is 1. The minimum Gasteiger partial charge on any atom is -0.497 e. The van der Waals surface area contributed by atoms with Gasteiger partial charge in [-0.1, -0.05) is 53.8 Å². The molecule has 0 bridgehead atoms. The van der Waals surface area contributed by atoms with Crippen molar-refractivity contribution in [2.75, 3.05) is 18.6 Å². The lowest BCUT2D eigenvalue weighted by Crippen LogP contribution is -2.25. The number of anilines is 1. The first-order valence-electron chi connectivity index (χ1n) is 10.4. The molecule has 4 aromatic rings. The van der Waals surface area contributed by atoms with Crippen molar-refractivity contribution in [3.05, 3.63) is 95.3 Å². The van der Waals surface area contributed by atoms with Gasteiger partial charge in [0.2, 0.25) is 0 Å². The largest absolute Gasteiger partial charge is 0.497 e. The van der Waals surface area contributed by atoms with Gasteiger partial charge in [0.05, 0.1) is 17.3 Å². The Morgan fingerprint density at radius 3 is 2.48 bits per heavy atom. The van der Waals surface area contributed by atoms with E-state index in [1.807, 2.05) is 54.6 Å². The van der Waals surface area contributed by atoms with E-state index >= 15 is 0 Å². The minimum atomic E-state index is -0.980. The van der Waals surface area contributed by atoms with Gasteiger partial charge in [0.15, 0.2) is 5.13 Å². The van der Waals surface area contributed by atoms with Crippen LogP contribution in [0.25, 0.3) is 16.3 Å². The van der Waals surface area contributed by atoms with Gasteiger partial charge in [-0.15, -0.1) is 0 Å². The van der Waals surface area contributed by atoms with E-state index in [1.54, 1.807) is 19.3 Å². The van der Waals surface area contributed by atoms with Crippen molar-refractivity contribution in [1.29, 1.82) is 0 Å². The molecule has 0 aliphatic heterocycles. The zero-order valence-corrected chi connectivity index (χ0v) is 18.9. The molecule has 0 unspecified atom stereocenters. The molecule has 5 nitrogen and oxygen atoms in total. The fourth-order valence-electron chi connectivity index (χ4n) is 3.46. The molecule has 1 N–H and O–H groups in total. The van der Waals surface area contributed by atoms with Crippen LogP contribution in [0.4, 0.5) is 9.52 Å². The highest BCUT2D eigenvalue weighted by molar-refractivity contribution is 7.22. The number of hydrogen-bond acceptors (Lipinski definition) is 5. The number of benzene rings is 3. The fourth-order valence-corrected chi connectivity index (χ4v) is 4.45. The standard InChI is InChI=1S/C26H23FN2O3S/c1-32-21-12-9-19(10-13-21)15-16-29(26-28-23-4-2-3-22(27)25(23)33-26)17-20-7-5-18(6-8-20)11-14-24(30)31/h2-14H,15-17H2,1H3,(H,30,31)/b14-11+. The number of thiazole rings is 1. The Hall–Kier alpha value is -3.71. The van der Waals surface area contributed by atoms with Crippen LogP contribution in [0, 0.1) is 5.82 Å². The molecule has 0 spiro atoms. The first kappa shape index (κ1) is 22.5. The van der Waals surface area contributed by atoms with E-state index in [2.05, 4.69) is 9.88 Å². The smallest absolute Gasteiger partial charge is 0.328 e. The topological polar surface area (TPSA) is 62.7 Å². The average molecular weight is 463 g/mol. The van der Waals surface area contributed by atoms with Gasteiger partial charge < -0.3 is 14.7 Å². The second-order valence-electron chi connectivity index (χ2n) is 7.52. The molecule has 0 amide bonds. The van der Waals surface area contributed by atoms with Gasteiger partial charge in [0, 0.05) is 19.2 Å². The van der Waals surface area contributed by atoms with E-state index in [0.29, 0.717) is 23.3 Å². The summed E-state index contributed by atoms with van der Waals surface area (Å²) >= 11 is 1.35. The molecule has 1 aromatic heterocycles. The number of hydrogen-bond donors (Lipinski definition) is 1. The summed E-state index contributed by atoms with van der Waals surface area (Å²) in [6.45, 7) is 1.30. The summed E-state index contributed by atoms with van der Waals surface area (Å²) in [5.41, 5.74) is 3.69. The maximum atomic E-state index is 14.3. The van der Waals surface area contributed by atoms with Gasteiger partial charge in [0.1, 0.15) is 11.6 Å². The fraction of sp³-hybridized carbons (Fsp3) is 0.154. The molecular formula is C26H23FN2O3S. The van der Waals surface area contributed by atoms with Crippen molar-refractivity contribution in [3.63, 3.8) is 0 Å². The lowest BCUT2D eigenvalue weighted by Gasteiger charge is -2.22. The highest BCUT2D eigenvalue weighted by atomic mass is 32.1. The summed E-state index contributed by atoms with van der Waals surface area (Å²) in [6, 6.07) is 20.6. The zero-order chi connectivity index (χ0) is 23.2. The number of carboxylic acids is 1. The number of methoxy groups -OCH3 is 1. The highest BCUT2D eigenvalue weighted by Crippen LogP contribution is 2.31. The molecule has 0 atom stereocenters. The summed E-state index contributed by atoms with van der Waals surface area (Å²) in [5.74, 6) is -0.429. The lowest BCUT2D eigenvalue weighted by atomic mass is 10.1. The molecule has 168 valence electrons. The summed E-state index contributed by atoms with van der Waals surface area (Å²) in [4.78, 5) is 17.6. The Morgan fingerprint density at radius 2 is 1.82 bits per heavy atom. The Bertz CT molecular complexity index is 1270. The molecular weight excluding hydrogens is 439 g/mol. The van der Waals surface area contributed by atoms with E-state index < -0.39 is 5.97 Å². The van der Waals surface area contributed by atoms with Crippen LogP contribution in [0.15, 0.2) is 72.8 Å². The Kier molecular flexibility index (Phi) is 7.00. The number of carboxylic acid groups (broad SMARTS) is 1. The van der Waals surface area contributed by atoms with Crippen molar-refractivity contribution in [1.82, 2.24) is 4.98 Å². The predicted octanol–water partition coefficient (Wildman–Crippen LogP) is 5.79. The number of rotatable bonds is 9. The predicted molar refractivity (Wildman–Crippen MR) is 130 cm³/mol. The van der Waals surface area contributed by atoms with Crippen LogP contribution in [0.5, 0.6) is 5.75 Å². The quantitative estimate of drug-likeness (QED) is 0.319. The van der Waals surface area contributed by atoms with E-state index in [0.717, 1.165) is 34.5 Å². The summed E-state index contributed by atoms with van der Waals surface area (Å²) in [7, 11) is 1.64. The third-order valence-corrected chi connectivity index (χ3v) is 6.37. The van der Waals surface area contributed by atoms with Crippen molar-refractivity contribution in [2.24, 2.45) is 0 Å². The Balaban J connectivity index is 1.57. The lowest BCUT2D eigenvalue weighted by molar-refractivity contribution is -0.131. The summed E-state index contributed by atoms with van der Waals surface area (Å²) in [5, 5.41) is 9.57. The molecule has 3 aromatic carbocycles. The van der Waals surface area contributed by atoms with Crippen LogP contribution in [0.1, 0.15) is 16.7 Å². The number of aliphatic carboxylic acids is 1. The Labute approximate surface area is 195 Å². The van der Waals surface area contributed by atoms with Crippen molar-refractivity contribution >= 4 is 38.7 Å². The zero-order valence-electron chi connectivity index (χ0n) is 18.1. The molecule has 4 rings (SSSR count). The SMILES string of the molecule is COc1ccc(CCN(Cc2ccc(/C=C/C(=O)O)cc2)c2nc3cccc(F)c3s2)cc1. The van der Waals surface area contributed by atoms with Crippen LogP contribution >= 0.6 is 11.3 Å². The maximum Gasteiger partial charge on any atom is 0.328 e. The van der Waals surface area contributed by atoms with Crippen molar-refractivity contribution in [3.8, 4) is 5.75 Å². The second kappa shape index (κ2) is 10.3. The van der Waals surface area contributed by atoms with Crippen LogP contribution in [-0.2, 0) is 17.8 Å². The normalized spacial score (nSPS) is 11.2. The summed E-state index contributed by atoms with van der Waals surface area (Å²) < 4.78 is 20.1. The molecule has 0 radical (unpaired) electrons. The molecule has 0 saturated heterocycles. The van der Waals surface area contributed by atoms with Gasteiger partial charge in [-0.3, -0.25) is 0 Å². The van der Waals surface area contributed by atoms with Crippen LogP contribution in [-0.4, -0.2) is 29.7 Å². The molecule has 7 heteroatoms. The van der Waals surface area contributed by atoms with Gasteiger partial charge >= 0.3 is 5.97 Å². The van der Waals surface area contributed by atoms with Crippen LogP contribution < -0.4 is 9.64 Å². The number of aromatic nitrogens is 1. The van der Waals surface area contributed by atoms with Gasteiger partial charge in [-0.2, -0.15) is 0 Å². The minimum absolute atomic E-state index is 0.263. The molecule has 0 fully saturated rings. The van der Waals surface area contributed by atoms with E-state index in [1.165, 1.54) is 23.0 Å². The summed E-state index contributed by atoms with van der Waals surface area (Å²) in [6.07, 6.45) is 3.47. The molecule has 33 heavy (non-hydrogen) atoms. The number of halogens is 1. The van der Waals surface area contributed by atoms with E-state index in [9.17, 15) is 9.18 Å². The third kappa shape index (κ3) is 5.75. The van der Waals surface area contributed by atoms with Crippen LogP contribution in [0.2, 0.25) is 0 Å². The monoisotopic (exact) mass is 462 g/mol. The number of nitrogens with zero attached hydrogens (tertiary/aromatic N) is 2. The molecule has 0 aliphatic rings. The first-order valence-corrected chi connectivity index (χ1v) is 11.3. The van der Waals surface area contributed by atoms with Gasteiger partial charge in [0.25, 0.3) is 0 Å². The number of carbonyl (C=O) groups is 1. The molecule has 1 heterocycles. The van der Waals surface area contributed by atoms with Crippen molar-refractivity contribution in [2.45, 2.75) is 13.0 Å². The first-order chi connectivity index (χ1) is 16.0. The van der Waals surface area contributed by atoms with Gasteiger partial charge in [-0.25, -0.2) is 14.2 Å². The highest BCUT2D eigenvalue weighted by Gasteiger charge is 2.15. The van der Waals surface area contributed by atoms with Crippen LogP contribution in [0.3, 0.4) is 0 Å². The number of fused-ring (bicyclic) bond motifs is 1. The van der Waals surface area contributed by atoms with Gasteiger partial charge in [-0.05, 0) is 53.5 Å². The molecule has 0 saturated carbocycles. The average Bonchev–Trinajstić information content (AvgIpc) is 3.27. The third-order valence-electron chi connectivity index (χ3n) is 5.23. The second-order valence-corrected chi connectivity index (χ2v) is 8.49. The maximum absolute atomic E-state index is 14.3. The molecule has 0 aliphatic carbocycles. The van der Waals surface area contributed by atoms with E-state index in [-0.39, 0.29) is 5.82 Å².